The third-order valence-electron chi connectivity index (χ3n) is 3.67. The average Bonchev–Trinajstić information content (AvgIpc) is 2.52. The van der Waals surface area contributed by atoms with Gasteiger partial charge in [-0.2, -0.15) is 11.8 Å². The fourth-order valence-corrected chi connectivity index (χ4v) is 3.92. The van der Waals surface area contributed by atoms with Crippen molar-refractivity contribution < 1.29 is 8.42 Å². The number of sulfonamides is 1. The van der Waals surface area contributed by atoms with Gasteiger partial charge in [-0.3, -0.25) is 4.99 Å². The van der Waals surface area contributed by atoms with Gasteiger partial charge in [0.05, 0.1) is 5.75 Å². The summed E-state index contributed by atoms with van der Waals surface area (Å²) >= 11 is 1.83. The monoisotopic (exact) mass is 478 g/mol. The van der Waals surface area contributed by atoms with Crippen molar-refractivity contribution in [3.8, 4) is 0 Å². The standard InChI is InChI=1S/C14H30N4O2S2.HI/c1-4-15-14(16-9-6-12-21-3)17-13-7-10-18(11-8-13)22(19,20)5-2;/h13H,4-12H2,1-3H3,(H2,15,16,17);1H. The summed E-state index contributed by atoms with van der Waals surface area (Å²) in [5, 5.41) is 6.69. The Morgan fingerprint density at radius 1 is 1.30 bits per heavy atom. The van der Waals surface area contributed by atoms with E-state index < -0.39 is 10.0 Å². The van der Waals surface area contributed by atoms with Crippen molar-refractivity contribution in [2.45, 2.75) is 39.2 Å². The van der Waals surface area contributed by atoms with Gasteiger partial charge in [-0.05, 0) is 45.1 Å². The third-order valence-corrected chi connectivity index (χ3v) is 6.25. The topological polar surface area (TPSA) is 73.8 Å². The number of guanidine groups is 1. The lowest BCUT2D eigenvalue weighted by Crippen LogP contribution is -2.50. The summed E-state index contributed by atoms with van der Waals surface area (Å²) in [7, 11) is -3.05. The minimum atomic E-state index is -3.05. The summed E-state index contributed by atoms with van der Waals surface area (Å²) < 4.78 is 25.3. The molecule has 138 valence electrons. The molecule has 2 N–H and O–H groups in total. The van der Waals surface area contributed by atoms with Crippen LogP contribution in [0.1, 0.15) is 33.1 Å². The number of hydrogen-bond donors (Lipinski definition) is 2. The highest BCUT2D eigenvalue weighted by Gasteiger charge is 2.26. The van der Waals surface area contributed by atoms with E-state index in [1.54, 1.807) is 11.2 Å². The molecule has 0 bridgehead atoms. The van der Waals surface area contributed by atoms with Crippen molar-refractivity contribution in [2.75, 3.05) is 43.9 Å². The lowest BCUT2D eigenvalue weighted by molar-refractivity contribution is 0.306. The number of aliphatic imine (C=N–C) groups is 1. The van der Waals surface area contributed by atoms with Gasteiger partial charge in [-0.25, -0.2) is 12.7 Å². The van der Waals surface area contributed by atoms with Crippen LogP contribution in [-0.4, -0.2) is 68.7 Å². The maximum Gasteiger partial charge on any atom is 0.213 e. The molecule has 0 aliphatic carbocycles. The molecule has 1 fully saturated rings. The Kier molecular flexibility index (Phi) is 12.7. The van der Waals surface area contributed by atoms with Crippen molar-refractivity contribution in [1.29, 1.82) is 0 Å². The number of nitrogens with one attached hydrogen (secondary N) is 2. The van der Waals surface area contributed by atoms with Crippen LogP contribution in [0.3, 0.4) is 0 Å². The first-order valence-electron chi connectivity index (χ1n) is 8.05. The van der Waals surface area contributed by atoms with Gasteiger partial charge >= 0.3 is 0 Å². The van der Waals surface area contributed by atoms with E-state index in [4.69, 9.17) is 0 Å². The molecule has 1 saturated heterocycles. The zero-order valence-corrected chi connectivity index (χ0v) is 18.3. The van der Waals surface area contributed by atoms with Crippen LogP contribution in [-0.2, 0) is 10.0 Å². The Hall–Kier alpha value is 0.260. The van der Waals surface area contributed by atoms with Gasteiger partial charge in [0.1, 0.15) is 0 Å². The summed E-state index contributed by atoms with van der Waals surface area (Å²) in [5.74, 6) is 2.15. The van der Waals surface area contributed by atoms with Crippen molar-refractivity contribution in [3.63, 3.8) is 0 Å². The van der Waals surface area contributed by atoms with Crippen molar-refractivity contribution in [3.05, 3.63) is 0 Å². The number of piperidine rings is 1. The molecule has 9 heteroatoms. The number of thioether (sulfide) groups is 1. The van der Waals surface area contributed by atoms with Gasteiger partial charge in [-0.1, -0.05) is 0 Å². The fourth-order valence-electron chi connectivity index (χ4n) is 2.37. The molecular formula is C14H31IN4O2S2. The van der Waals surface area contributed by atoms with E-state index in [2.05, 4.69) is 28.8 Å². The first kappa shape index (κ1) is 23.3. The molecular weight excluding hydrogens is 447 g/mol. The zero-order valence-electron chi connectivity index (χ0n) is 14.4. The van der Waals surface area contributed by atoms with Gasteiger partial charge in [0, 0.05) is 32.2 Å². The Balaban J connectivity index is 0.00000484. The molecule has 23 heavy (non-hydrogen) atoms. The molecule has 1 rings (SSSR count). The molecule has 0 aromatic heterocycles. The van der Waals surface area contributed by atoms with Gasteiger partial charge in [0.15, 0.2) is 5.96 Å². The number of rotatable bonds is 8. The van der Waals surface area contributed by atoms with Crippen molar-refractivity contribution in [1.82, 2.24) is 14.9 Å². The normalized spacial score (nSPS) is 17.6. The Labute approximate surface area is 162 Å². The van der Waals surface area contributed by atoms with E-state index in [1.807, 2.05) is 11.8 Å². The summed E-state index contributed by atoms with van der Waals surface area (Å²) in [6.45, 7) is 6.59. The molecule has 0 radical (unpaired) electrons. The molecule has 0 aromatic carbocycles. The van der Waals surface area contributed by atoms with E-state index in [0.29, 0.717) is 19.1 Å². The zero-order chi connectivity index (χ0) is 16.4. The maximum atomic E-state index is 11.9. The summed E-state index contributed by atoms with van der Waals surface area (Å²) in [6.07, 6.45) is 4.83. The molecule has 0 saturated carbocycles. The molecule has 1 aliphatic heterocycles. The Morgan fingerprint density at radius 2 is 1.96 bits per heavy atom. The minimum absolute atomic E-state index is 0. The van der Waals surface area contributed by atoms with Crippen LogP contribution >= 0.6 is 35.7 Å². The van der Waals surface area contributed by atoms with Gasteiger partial charge in [0.25, 0.3) is 0 Å². The van der Waals surface area contributed by atoms with Crippen LogP contribution in [0.4, 0.5) is 0 Å². The molecule has 1 heterocycles. The van der Waals surface area contributed by atoms with Crippen LogP contribution in [0.25, 0.3) is 0 Å². The minimum Gasteiger partial charge on any atom is -0.357 e. The largest absolute Gasteiger partial charge is 0.357 e. The summed E-state index contributed by atoms with van der Waals surface area (Å²) in [4.78, 5) is 4.58. The second-order valence-electron chi connectivity index (χ2n) is 5.33. The number of halogens is 1. The molecule has 0 aromatic rings. The van der Waals surface area contributed by atoms with E-state index in [9.17, 15) is 8.42 Å². The first-order valence-corrected chi connectivity index (χ1v) is 11.0. The van der Waals surface area contributed by atoms with E-state index in [-0.39, 0.29) is 29.7 Å². The van der Waals surface area contributed by atoms with Crippen LogP contribution in [0.5, 0.6) is 0 Å². The van der Waals surface area contributed by atoms with Crippen molar-refractivity contribution >= 4 is 51.7 Å². The molecule has 0 amide bonds. The lowest BCUT2D eigenvalue weighted by Gasteiger charge is -2.32. The lowest BCUT2D eigenvalue weighted by atomic mass is 10.1. The highest BCUT2D eigenvalue weighted by molar-refractivity contribution is 14.0. The maximum absolute atomic E-state index is 11.9. The van der Waals surface area contributed by atoms with Gasteiger partial charge in [0.2, 0.25) is 10.0 Å². The smallest absolute Gasteiger partial charge is 0.213 e. The molecule has 0 spiro atoms. The number of hydrogen-bond acceptors (Lipinski definition) is 4. The predicted octanol–water partition coefficient (Wildman–Crippen LogP) is 1.73. The van der Waals surface area contributed by atoms with Gasteiger partial charge < -0.3 is 10.6 Å². The average molecular weight is 478 g/mol. The van der Waals surface area contributed by atoms with Crippen LogP contribution in [0.2, 0.25) is 0 Å². The Morgan fingerprint density at radius 3 is 2.48 bits per heavy atom. The van der Waals surface area contributed by atoms with Crippen LogP contribution in [0, 0.1) is 0 Å². The Bertz CT molecular complexity index is 438. The molecule has 0 unspecified atom stereocenters. The molecule has 1 aliphatic rings. The molecule has 0 atom stereocenters. The van der Waals surface area contributed by atoms with E-state index in [0.717, 1.165) is 44.1 Å². The first-order chi connectivity index (χ1) is 10.5. The highest BCUT2D eigenvalue weighted by atomic mass is 127. The predicted molar refractivity (Wildman–Crippen MR) is 112 cm³/mol. The second kappa shape index (κ2) is 12.6. The second-order valence-corrected chi connectivity index (χ2v) is 8.57. The van der Waals surface area contributed by atoms with E-state index >= 15 is 0 Å². The number of nitrogens with zero attached hydrogens (tertiary/aromatic N) is 2. The quantitative estimate of drug-likeness (QED) is 0.241. The fraction of sp³-hybridized carbons (Fsp3) is 0.929. The van der Waals surface area contributed by atoms with Crippen molar-refractivity contribution in [2.24, 2.45) is 4.99 Å². The van der Waals surface area contributed by atoms with Gasteiger partial charge in [-0.15, -0.1) is 24.0 Å². The van der Waals surface area contributed by atoms with Crippen LogP contribution in [0.15, 0.2) is 4.99 Å². The van der Waals surface area contributed by atoms with Crippen LogP contribution < -0.4 is 10.6 Å². The summed E-state index contributed by atoms with van der Waals surface area (Å²) in [5.41, 5.74) is 0. The SMILES string of the molecule is CCNC(=NCCCSC)NC1CCN(S(=O)(=O)CC)CC1.I. The highest BCUT2D eigenvalue weighted by Crippen LogP contribution is 2.14. The third kappa shape index (κ3) is 8.78. The van der Waals surface area contributed by atoms with E-state index in [1.165, 1.54) is 0 Å². The summed E-state index contributed by atoms with van der Waals surface area (Å²) in [6, 6.07) is 0.293. The molecule has 6 nitrogen and oxygen atoms in total.